The fraction of sp³-hybridized carbons (Fsp3) is 0.441. The molecule has 2 aliphatic rings. The van der Waals surface area contributed by atoms with Gasteiger partial charge < -0.3 is 23.7 Å². The van der Waals surface area contributed by atoms with Crippen LogP contribution in [0.5, 0.6) is 17.2 Å². The third-order valence-corrected chi connectivity index (χ3v) is 10.0. The number of alkyl halides is 2. The molecule has 1 N–H and O–H groups in total. The van der Waals surface area contributed by atoms with Crippen molar-refractivity contribution in [2.45, 2.75) is 38.9 Å². The number of nitrogens with zero attached hydrogens (tertiary/aromatic N) is 2. The van der Waals surface area contributed by atoms with E-state index in [1.165, 1.54) is 55.7 Å². The molecule has 1 atom stereocenters. The number of aromatic nitrogens is 1. The normalized spacial score (nSPS) is 15.7. The molecule has 1 aromatic heterocycles. The molecule has 0 amide bonds. The smallest absolute Gasteiger partial charge is 0.387 e. The summed E-state index contributed by atoms with van der Waals surface area (Å²) in [4.78, 5) is 30.8. The summed E-state index contributed by atoms with van der Waals surface area (Å²) < 4.78 is 81.0. The van der Waals surface area contributed by atoms with Crippen molar-refractivity contribution in [1.82, 2.24) is 4.90 Å². The molecule has 2 heterocycles. The van der Waals surface area contributed by atoms with Gasteiger partial charge in [0.2, 0.25) is 10.0 Å². The van der Waals surface area contributed by atoms with Gasteiger partial charge in [0, 0.05) is 51.2 Å². The molecule has 2 aromatic carbocycles. The van der Waals surface area contributed by atoms with Crippen LogP contribution in [0.25, 0.3) is 0 Å². The Balaban J connectivity index is 1.51. The predicted molar refractivity (Wildman–Crippen MR) is 183 cm³/mol. The zero-order chi connectivity index (χ0) is 36.7. The van der Waals surface area contributed by atoms with Gasteiger partial charge in [0.25, 0.3) is 0 Å². The lowest BCUT2D eigenvalue weighted by molar-refractivity contribution is -0.377. The zero-order valence-electron chi connectivity index (χ0n) is 27.9. The molecule has 51 heavy (non-hydrogen) atoms. The SMILES string of the molecule is CC(=O)Oc1cc(C(=O)O[C@@H](Cc2c(Cl)c[nH+]cc2Cl)c2ccc(OC(F)F)c(OCC3CC3)c2)cc(N(CCN2CCOCC2)S(C)(=O)=O)c1. The molecular formula is C34H38Cl2F2N3O9S+. The highest BCUT2D eigenvalue weighted by Gasteiger charge is 2.28. The van der Waals surface area contributed by atoms with Gasteiger partial charge in [0.05, 0.1) is 37.3 Å². The maximum Gasteiger partial charge on any atom is 0.387 e. The van der Waals surface area contributed by atoms with Crippen molar-refractivity contribution in [3.05, 3.63) is 75.5 Å². The summed E-state index contributed by atoms with van der Waals surface area (Å²) in [7, 11) is -3.88. The average molecular weight is 774 g/mol. The number of benzene rings is 2. The van der Waals surface area contributed by atoms with Gasteiger partial charge in [-0.25, -0.2) is 18.2 Å². The Hall–Kier alpha value is -3.76. The molecule has 12 nitrogen and oxygen atoms in total. The van der Waals surface area contributed by atoms with Crippen LogP contribution in [0.1, 0.15) is 47.4 Å². The largest absolute Gasteiger partial charge is 0.489 e. The number of halogens is 4. The summed E-state index contributed by atoms with van der Waals surface area (Å²) in [6.07, 6.45) is 4.76. The molecule has 1 saturated heterocycles. The number of ether oxygens (including phenoxy) is 5. The number of anilines is 1. The highest BCUT2D eigenvalue weighted by molar-refractivity contribution is 7.92. The fourth-order valence-electron chi connectivity index (χ4n) is 5.42. The third-order valence-electron chi connectivity index (χ3n) is 8.16. The number of morpholine rings is 1. The van der Waals surface area contributed by atoms with Crippen LogP contribution in [-0.4, -0.2) is 84.1 Å². The first-order valence-corrected chi connectivity index (χ1v) is 18.7. The molecule has 1 aliphatic carbocycles. The Morgan fingerprint density at radius 1 is 1.06 bits per heavy atom. The second kappa shape index (κ2) is 17.2. The van der Waals surface area contributed by atoms with E-state index in [2.05, 4.69) is 14.6 Å². The van der Waals surface area contributed by atoms with Crippen molar-refractivity contribution in [1.29, 1.82) is 0 Å². The molecule has 0 unspecified atom stereocenters. The molecule has 1 saturated carbocycles. The lowest BCUT2D eigenvalue weighted by atomic mass is 10.0. The van der Waals surface area contributed by atoms with Gasteiger partial charge >= 0.3 is 18.6 Å². The van der Waals surface area contributed by atoms with Crippen molar-refractivity contribution in [2.24, 2.45) is 5.92 Å². The number of carbonyl (C=O) groups excluding carboxylic acids is 2. The Labute approximate surface area is 304 Å². The lowest BCUT2D eigenvalue weighted by Gasteiger charge is -2.30. The van der Waals surface area contributed by atoms with E-state index in [1.807, 2.05) is 0 Å². The number of rotatable bonds is 16. The Morgan fingerprint density at radius 3 is 2.39 bits per heavy atom. The van der Waals surface area contributed by atoms with Gasteiger partial charge in [-0.3, -0.25) is 14.0 Å². The highest BCUT2D eigenvalue weighted by atomic mass is 35.5. The number of pyridine rings is 1. The van der Waals surface area contributed by atoms with E-state index in [-0.39, 0.29) is 58.1 Å². The Morgan fingerprint density at radius 2 is 1.76 bits per heavy atom. The van der Waals surface area contributed by atoms with E-state index in [4.69, 9.17) is 42.1 Å². The van der Waals surface area contributed by atoms with Gasteiger partial charge in [-0.2, -0.15) is 8.78 Å². The van der Waals surface area contributed by atoms with Gasteiger partial charge in [0.15, 0.2) is 23.9 Å². The number of hydrogen-bond donors (Lipinski definition) is 0. The van der Waals surface area contributed by atoms with Gasteiger partial charge in [0.1, 0.15) is 21.9 Å². The minimum absolute atomic E-state index is 0.0301. The van der Waals surface area contributed by atoms with Crippen LogP contribution in [0.2, 0.25) is 10.0 Å². The van der Waals surface area contributed by atoms with Crippen LogP contribution < -0.4 is 23.5 Å². The molecule has 1 aliphatic heterocycles. The summed E-state index contributed by atoms with van der Waals surface area (Å²) in [5, 5.41) is 0.490. The first kappa shape index (κ1) is 38.5. The predicted octanol–water partition coefficient (Wildman–Crippen LogP) is 5.36. The van der Waals surface area contributed by atoms with Crippen LogP contribution >= 0.6 is 23.2 Å². The summed E-state index contributed by atoms with van der Waals surface area (Å²) in [5.74, 6) is -1.57. The quantitative estimate of drug-likeness (QED) is 0.138. The molecule has 0 bridgehead atoms. The summed E-state index contributed by atoms with van der Waals surface area (Å²) in [5.41, 5.74) is 0.705. The Kier molecular flexibility index (Phi) is 13.0. The summed E-state index contributed by atoms with van der Waals surface area (Å²) in [6, 6.07) is 8.13. The van der Waals surface area contributed by atoms with Crippen molar-refractivity contribution >= 4 is 50.9 Å². The first-order valence-electron chi connectivity index (χ1n) is 16.1. The average Bonchev–Trinajstić information content (AvgIpc) is 3.89. The lowest BCUT2D eigenvalue weighted by Crippen LogP contribution is -2.43. The molecule has 17 heteroatoms. The second-order valence-corrected chi connectivity index (χ2v) is 14.9. The van der Waals surface area contributed by atoms with E-state index in [1.54, 1.807) is 0 Å². The Bertz CT molecular complexity index is 1810. The molecule has 3 aromatic rings. The van der Waals surface area contributed by atoms with Crippen molar-refractivity contribution in [3.8, 4) is 17.2 Å². The molecular weight excluding hydrogens is 735 g/mol. The molecule has 0 spiro atoms. The number of H-pyrrole nitrogens is 1. The van der Waals surface area contributed by atoms with Gasteiger partial charge in [-0.05, 0) is 48.6 Å². The summed E-state index contributed by atoms with van der Waals surface area (Å²) in [6.45, 7) is 1.05. The van der Waals surface area contributed by atoms with Gasteiger partial charge in [-0.1, -0.05) is 29.3 Å². The van der Waals surface area contributed by atoms with Crippen LogP contribution in [0.4, 0.5) is 14.5 Å². The maximum absolute atomic E-state index is 14.0. The van der Waals surface area contributed by atoms with E-state index >= 15 is 0 Å². The monoisotopic (exact) mass is 772 g/mol. The number of carbonyl (C=O) groups is 2. The van der Waals surface area contributed by atoms with Crippen LogP contribution in [-0.2, 0) is 30.7 Å². The molecule has 5 rings (SSSR count). The minimum atomic E-state index is -3.88. The molecule has 276 valence electrons. The van der Waals surface area contributed by atoms with Crippen LogP contribution in [0, 0.1) is 5.92 Å². The van der Waals surface area contributed by atoms with E-state index < -0.39 is 34.7 Å². The number of sulfonamides is 1. The topological polar surface area (TPSA) is 135 Å². The maximum atomic E-state index is 14.0. The second-order valence-electron chi connectivity index (χ2n) is 12.2. The molecule has 0 radical (unpaired) electrons. The highest BCUT2D eigenvalue weighted by Crippen LogP contribution is 2.38. The van der Waals surface area contributed by atoms with E-state index in [0.717, 1.165) is 23.4 Å². The molecule has 2 fully saturated rings. The van der Waals surface area contributed by atoms with E-state index in [0.29, 0.717) is 49.9 Å². The van der Waals surface area contributed by atoms with Crippen LogP contribution in [0.15, 0.2) is 48.8 Å². The van der Waals surface area contributed by atoms with Crippen molar-refractivity contribution in [2.75, 3.05) is 56.6 Å². The zero-order valence-corrected chi connectivity index (χ0v) is 30.2. The van der Waals surface area contributed by atoms with Crippen LogP contribution in [0.3, 0.4) is 0 Å². The fourth-order valence-corrected chi connectivity index (χ4v) is 6.85. The first-order chi connectivity index (χ1) is 24.3. The number of nitrogens with one attached hydrogen (secondary N) is 1. The minimum Gasteiger partial charge on any atom is -0.489 e. The van der Waals surface area contributed by atoms with E-state index in [9.17, 15) is 26.8 Å². The number of hydrogen-bond acceptors (Lipinski definition) is 10. The standard InChI is InChI=1S/C34H37Cl2F2N3O9S/c1-21(42)48-26-14-24(13-25(16-26)41(51(2,44)45)8-7-40-9-11-46-12-10-40)33(43)49-31(17-27-28(35)18-39-19-29(27)36)23-5-6-30(50-34(37)38)32(15-23)47-20-22-3-4-22/h5-6,13-16,18-19,22,31,34H,3-4,7-12,17,20H2,1-2H3/p+1/t31-/m0/s1. The van der Waals surface area contributed by atoms with Crippen molar-refractivity contribution < 1.29 is 55.5 Å². The summed E-state index contributed by atoms with van der Waals surface area (Å²) >= 11 is 12.9. The number of esters is 2. The number of aromatic amines is 1. The third kappa shape index (κ3) is 11.1. The van der Waals surface area contributed by atoms with Crippen molar-refractivity contribution in [3.63, 3.8) is 0 Å². The van der Waals surface area contributed by atoms with Gasteiger partial charge in [-0.15, -0.1) is 0 Å².